The largest absolute Gasteiger partial charge is 0.472 e. The van der Waals surface area contributed by atoms with E-state index in [4.69, 9.17) is 11.6 Å². The molecule has 0 aromatic carbocycles. The first-order valence-electron chi connectivity index (χ1n) is 13.4. The molecule has 6 atom stereocenters. The van der Waals surface area contributed by atoms with Crippen LogP contribution in [-0.2, 0) is 4.74 Å². The van der Waals surface area contributed by atoms with Gasteiger partial charge in [0.25, 0.3) is 0 Å². The molecule has 1 aliphatic carbocycles. The molecule has 2 unspecified atom stereocenters. The van der Waals surface area contributed by atoms with Crippen LogP contribution >= 0.6 is 11.8 Å². The van der Waals surface area contributed by atoms with Gasteiger partial charge in [-0.2, -0.15) is 11.8 Å². The van der Waals surface area contributed by atoms with Crippen molar-refractivity contribution in [2.45, 2.75) is 83.6 Å². The van der Waals surface area contributed by atoms with Gasteiger partial charge in [-0.15, -0.1) is 0 Å². The van der Waals surface area contributed by atoms with Gasteiger partial charge in [0, 0.05) is 48.0 Å². The average Bonchev–Trinajstić information content (AvgIpc) is 3.33. The summed E-state index contributed by atoms with van der Waals surface area (Å²) in [5, 5.41) is 3.95. The van der Waals surface area contributed by atoms with Gasteiger partial charge in [0.15, 0.2) is 6.23 Å². The molecule has 0 aromatic heterocycles. The van der Waals surface area contributed by atoms with Crippen molar-refractivity contribution in [1.29, 1.82) is 0 Å². The summed E-state index contributed by atoms with van der Waals surface area (Å²) in [7, 11) is 0. The van der Waals surface area contributed by atoms with Crippen molar-refractivity contribution >= 4 is 17.5 Å². The van der Waals surface area contributed by atoms with E-state index in [1.807, 2.05) is 32.5 Å². The van der Waals surface area contributed by atoms with Gasteiger partial charge in [0.05, 0.1) is 0 Å². The second-order valence-corrected chi connectivity index (χ2v) is 11.1. The number of aliphatic imine (C=N–C) groups is 1. The second kappa shape index (κ2) is 7.19. The van der Waals surface area contributed by atoms with Gasteiger partial charge < -0.3 is 10.1 Å². The Morgan fingerprint density at radius 1 is 1.36 bits per heavy atom. The molecule has 0 bridgehead atoms. The summed E-state index contributed by atoms with van der Waals surface area (Å²) in [5.41, 5.74) is 2.47. The van der Waals surface area contributed by atoms with Crippen molar-refractivity contribution in [1.82, 2.24) is 5.32 Å². The van der Waals surface area contributed by atoms with Gasteiger partial charge in [0.1, 0.15) is 5.76 Å². The van der Waals surface area contributed by atoms with E-state index in [1.165, 1.54) is 11.1 Å². The van der Waals surface area contributed by atoms with Crippen LogP contribution in [0.25, 0.3) is 0 Å². The lowest BCUT2D eigenvalue weighted by atomic mass is 9.74. The summed E-state index contributed by atoms with van der Waals surface area (Å²) in [6.45, 7) is 4.63. The lowest BCUT2D eigenvalue weighted by Crippen LogP contribution is -2.45. The molecular formula is C24H36N2OS. The predicted molar refractivity (Wildman–Crippen MR) is 119 cm³/mol. The SMILES string of the molecule is [2H]C([2H])([2H])C1=NC2OC3=C([C@@H]4NCC=C5[C@H](C([2H])([2H])C(C)(C)C)CS[C@@H]54)CCC[C@H]3C2CC1. The van der Waals surface area contributed by atoms with Crippen LogP contribution in [0.2, 0.25) is 0 Å². The Morgan fingerprint density at radius 3 is 3.07 bits per heavy atom. The number of hydrogen-bond acceptors (Lipinski definition) is 4. The van der Waals surface area contributed by atoms with Crippen molar-refractivity contribution in [2.24, 2.45) is 28.2 Å². The van der Waals surface area contributed by atoms with Gasteiger partial charge >= 0.3 is 0 Å². The van der Waals surface area contributed by atoms with E-state index in [9.17, 15) is 0 Å². The Morgan fingerprint density at radius 2 is 2.25 bits per heavy atom. The van der Waals surface area contributed by atoms with Crippen LogP contribution in [0, 0.1) is 23.2 Å². The first-order valence-corrected chi connectivity index (χ1v) is 12.0. The molecule has 5 aliphatic rings. The number of ether oxygens (including phenoxy) is 1. The van der Waals surface area contributed by atoms with Crippen LogP contribution < -0.4 is 5.32 Å². The molecule has 0 saturated carbocycles. The fourth-order valence-corrected chi connectivity index (χ4v) is 7.37. The summed E-state index contributed by atoms with van der Waals surface area (Å²) in [6, 6.07) is 0.153. The fraction of sp³-hybridized carbons (Fsp3) is 0.792. The highest BCUT2D eigenvalue weighted by molar-refractivity contribution is 8.00. The van der Waals surface area contributed by atoms with Crippen LogP contribution in [0.4, 0.5) is 0 Å². The van der Waals surface area contributed by atoms with Crippen LogP contribution in [0.1, 0.15) is 73.0 Å². The first kappa shape index (κ1) is 14.3. The molecule has 3 nitrogen and oxygen atoms in total. The van der Waals surface area contributed by atoms with Crippen molar-refractivity contribution < 1.29 is 11.6 Å². The minimum absolute atomic E-state index is 0.0689. The zero-order chi connectivity index (χ0) is 23.8. The van der Waals surface area contributed by atoms with Crippen molar-refractivity contribution in [3.8, 4) is 0 Å². The second-order valence-electron chi connectivity index (χ2n) is 9.97. The highest BCUT2D eigenvalue weighted by Crippen LogP contribution is 2.52. The van der Waals surface area contributed by atoms with Crippen molar-refractivity contribution in [3.05, 3.63) is 23.0 Å². The molecule has 1 N–H and O–H groups in total. The Balaban J connectivity index is 1.44. The van der Waals surface area contributed by atoms with Crippen LogP contribution in [-0.4, -0.2) is 35.5 Å². The van der Waals surface area contributed by atoms with Crippen molar-refractivity contribution in [3.63, 3.8) is 0 Å². The lowest BCUT2D eigenvalue weighted by Gasteiger charge is -2.36. The number of hydrogen-bond donors (Lipinski definition) is 1. The molecule has 0 aromatic rings. The Labute approximate surface area is 181 Å². The molecule has 28 heavy (non-hydrogen) atoms. The Kier molecular flexibility index (Phi) is 3.67. The van der Waals surface area contributed by atoms with E-state index in [1.54, 1.807) is 0 Å². The van der Waals surface area contributed by atoms with Gasteiger partial charge in [-0.25, -0.2) is 0 Å². The van der Waals surface area contributed by atoms with Crippen LogP contribution in [0.3, 0.4) is 0 Å². The maximum absolute atomic E-state index is 8.90. The number of nitrogens with one attached hydrogen (secondary N) is 1. The smallest absolute Gasteiger partial charge is 0.192 e. The summed E-state index contributed by atoms with van der Waals surface area (Å²) in [4.78, 5) is 4.57. The number of fused-ring (bicyclic) bond motifs is 4. The predicted octanol–water partition coefficient (Wildman–Crippen LogP) is 5.33. The third-order valence-corrected chi connectivity index (χ3v) is 8.31. The average molecular weight is 406 g/mol. The minimum atomic E-state index is -2.13. The summed E-state index contributed by atoms with van der Waals surface area (Å²) < 4.78 is 47.5. The van der Waals surface area contributed by atoms with E-state index in [0.717, 1.165) is 43.7 Å². The monoisotopic (exact) mass is 405 g/mol. The van der Waals surface area contributed by atoms with Gasteiger partial charge in [-0.05, 0) is 62.2 Å². The number of allylic oxidation sites excluding steroid dienone is 1. The van der Waals surface area contributed by atoms with Crippen LogP contribution in [0.5, 0.6) is 0 Å². The summed E-state index contributed by atoms with van der Waals surface area (Å²) in [5.74, 6) is 2.41. The Bertz CT molecular complexity index is 904. The zero-order valence-electron chi connectivity index (χ0n) is 22.3. The highest BCUT2D eigenvalue weighted by atomic mass is 32.2. The highest BCUT2D eigenvalue weighted by Gasteiger charge is 2.48. The van der Waals surface area contributed by atoms with Gasteiger partial charge in [-0.1, -0.05) is 32.4 Å². The Hall–Kier alpha value is -0.740. The summed E-state index contributed by atoms with van der Waals surface area (Å²) in [6.07, 6.45) is 5.15. The quantitative estimate of drug-likeness (QED) is 0.630. The minimum Gasteiger partial charge on any atom is -0.472 e. The molecule has 0 amide bonds. The normalized spacial score (nSPS) is 43.9. The molecule has 0 spiro atoms. The first-order chi connectivity index (χ1) is 15.4. The summed E-state index contributed by atoms with van der Waals surface area (Å²) >= 11 is 1.88. The standard InChI is InChI=1S/C24H36N2OS/c1-14-8-9-18-17-6-5-7-19(21(17)27-23(18)26-14)20-22-16(10-11-25-20)15(13-28-22)12-24(2,3)4/h10,15,17-18,20,22-23,25H,5-9,11-13H2,1-4H3/t15-,17+,18?,20+,22+,23?/m1/s1/i1D3,12D2. The molecule has 4 heteroatoms. The fourth-order valence-electron chi connectivity index (χ4n) is 5.79. The van der Waals surface area contributed by atoms with E-state index >= 15 is 0 Å². The van der Waals surface area contributed by atoms with Crippen molar-refractivity contribution in [2.75, 3.05) is 12.3 Å². The molecule has 0 radical (unpaired) electrons. The molecule has 2 fully saturated rings. The lowest BCUT2D eigenvalue weighted by molar-refractivity contribution is 0.128. The molecule has 4 heterocycles. The third kappa shape index (κ3) is 3.39. The maximum Gasteiger partial charge on any atom is 0.192 e. The van der Waals surface area contributed by atoms with E-state index in [2.05, 4.69) is 16.4 Å². The van der Waals surface area contributed by atoms with E-state index in [-0.39, 0.29) is 29.4 Å². The van der Waals surface area contributed by atoms with E-state index in [0.29, 0.717) is 18.1 Å². The maximum atomic E-state index is 8.90. The van der Waals surface area contributed by atoms with Gasteiger partial charge in [0.2, 0.25) is 0 Å². The number of rotatable bonds is 2. The molecule has 2 saturated heterocycles. The zero-order valence-corrected chi connectivity index (χ0v) is 18.1. The molecule has 154 valence electrons. The number of thioether (sulfide) groups is 1. The molecule has 5 rings (SSSR count). The third-order valence-electron chi connectivity index (χ3n) is 6.88. The molecular weight excluding hydrogens is 364 g/mol. The van der Waals surface area contributed by atoms with Gasteiger partial charge in [-0.3, -0.25) is 4.99 Å². The number of nitrogens with zero attached hydrogens (tertiary/aromatic N) is 1. The topological polar surface area (TPSA) is 33.6 Å². The van der Waals surface area contributed by atoms with E-state index < -0.39 is 18.6 Å². The van der Waals surface area contributed by atoms with Crippen LogP contribution in [0.15, 0.2) is 28.0 Å². The molecule has 4 aliphatic heterocycles.